The maximum Gasteiger partial charge on any atom is 0.263 e. The first kappa shape index (κ1) is 9.48. The van der Waals surface area contributed by atoms with E-state index in [2.05, 4.69) is 10.3 Å². The molecule has 1 rings (SSSR count). The fourth-order valence-corrected chi connectivity index (χ4v) is 1.88. The Morgan fingerprint density at radius 2 is 2.42 bits per heavy atom. The van der Waals surface area contributed by atoms with Crippen LogP contribution in [0.25, 0.3) is 0 Å². The monoisotopic (exact) mass is 204 g/mol. The maximum atomic E-state index is 11.3. The molecule has 0 aliphatic carbocycles. The highest BCUT2D eigenvalue weighted by molar-refractivity contribution is 7.17. The Hall–Kier alpha value is -0.610. The molecule has 1 N–H and O–H groups in total. The van der Waals surface area contributed by atoms with Gasteiger partial charge in [0.05, 0.1) is 5.69 Å². The number of aromatic nitrogens is 1. The van der Waals surface area contributed by atoms with Crippen LogP contribution < -0.4 is 5.32 Å². The van der Waals surface area contributed by atoms with Crippen LogP contribution in [0.15, 0.2) is 0 Å². The third kappa shape index (κ3) is 1.95. The minimum absolute atomic E-state index is 0.0978. The highest BCUT2D eigenvalue weighted by Gasteiger charge is 2.12. The summed E-state index contributed by atoms with van der Waals surface area (Å²) in [5, 5.41) is 2.69. The van der Waals surface area contributed by atoms with E-state index in [9.17, 15) is 4.79 Å². The summed E-state index contributed by atoms with van der Waals surface area (Å²) in [4.78, 5) is 15.8. The molecule has 0 saturated carbocycles. The number of aryl methyl sites for hydroxylation is 1. The van der Waals surface area contributed by atoms with Crippen LogP contribution in [0.1, 0.15) is 22.3 Å². The van der Waals surface area contributed by atoms with E-state index in [1.165, 1.54) is 11.3 Å². The quantitative estimate of drug-likeness (QED) is 0.799. The first-order valence-electron chi connectivity index (χ1n) is 3.56. The number of hydrogen-bond acceptors (Lipinski definition) is 3. The molecule has 12 heavy (non-hydrogen) atoms. The van der Waals surface area contributed by atoms with Gasteiger partial charge >= 0.3 is 0 Å². The van der Waals surface area contributed by atoms with Crippen LogP contribution in [0.4, 0.5) is 0 Å². The van der Waals surface area contributed by atoms with Crippen molar-refractivity contribution in [3.05, 3.63) is 15.0 Å². The van der Waals surface area contributed by atoms with Crippen molar-refractivity contribution >= 4 is 28.8 Å². The Kier molecular flexibility index (Phi) is 3.05. The second-order valence-electron chi connectivity index (χ2n) is 2.24. The van der Waals surface area contributed by atoms with Gasteiger partial charge < -0.3 is 5.32 Å². The van der Waals surface area contributed by atoms with Crippen molar-refractivity contribution in [1.82, 2.24) is 10.3 Å². The highest BCUT2D eigenvalue weighted by atomic mass is 35.5. The Labute approximate surface area is 79.8 Å². The van der Waals surface area contributed by atoms with Crippen molar-refractivity contribution in [2.75, 3.05) is 6.54 Å². The molecule has 0 fully saturated rings. The normalized spacial score (nSPS) is 9.92. The smallest absolute Gasteiger partial charge is 0.263 e. The molecule has 66 valence electrons. The molecule has 1 aromatic heterocycles. The molecule has 0 unspecified atom stereocenters. The lowest BCUT2D eigenvalue weighted by Crippen LogP contribution is -2.22. The molecule has 0 saturated heterocycles. The largest absolute Gasteiger partial charge is 0.352 e. The zero-order valence-electron chi connectivity index (χ0n) is 6.85. The van der Waals surface area contributed by atoms with Crippen molar-refractivity contribution < 1.29 is 4.79 Å². The van der Waals surface area contributed by atoms with Gasteiger partial charge in [-0.2, -0.15) is 0 Å². The van der Waals surface area contributed by atoms with E-state index in [0.717, 1.165) is 0 Å². The number of carbonyl (C=O) groups excluding carboxylic acids is 1. The summed E-state index contributed by atoms with van der Waals surface area (Å²) >= 11 is 6.84. The summed E-state index contributed by atoms with van der Waals surface area (Å²) in [6, 6.07) is 0. The third-order valence-corrected chi connectivity index (χ3v) is 2.57. The summed E-state index contributed by atoms with van der Waals surface area (Å²) in [7, 11) is 0. The van der Waals surface area contributed by atoms with Gasteiger partial charge in [0.25, 0.3) is 5.91 Å². The van der Waals surface area contributed by atoms with E-state index in [0.29, 0.717) is 21.6 Å². The van der Waals surface area contributed by atoms with Crippen LogP contribution in [-0.2, 0) is 0 Å². The van der Waals surface area contributed by atoms with Crippen molar-refractivity contribution in [1.29, 1.82) is 0 Å². The highest BCUT2D eigenvalue weighted by Crippen LogP contribution is 2.21. The van der Waals surface area contributed by atoms with E-state index >= 15 is 0 Å². The number of carbonyl (C=O) groups is 1. The molecular weight excluding hydrogens is 196 g/mol. The number of amides is 1. The summed E-state index contributed by atoms with van der Waals surface area (Å²) in [5.41, 5.74) is 0.691. The van der Waals surface area contributed by atoms with Gasteiger partial charge in [-0.1, -0.05) is 22.9 Å². The van der Waals surface area contributed by atoms with E-state index in [1.54, 1.807) is 6.92 Å². The number of rotatable bonds is 2. The number of hydrogen-bond donors (Lipinski definition) is 1. The molecule has 0 aromatic carbocycles. The van der Waals surface area contributed by atoms with Gasteiger partial charge in [0, 0.05) is 6.54 Å². The van der Waals surface area contributed by atoms with E-state index in [-0.39, 0.29) is 5.91 Å². The standard InChI is InChI=1S/C7H9ClN2OS/c1-3-9-6(11)5-4(2)10-7(8)12-5/h3H2,1-2H3,(H,9,11). The third-order valence-electron chi connectivity index (χ3n) is 1.31. The molecule has 1 heterocycles. The van der Waals surface area contributed by atoms with Crippen molar-refractivity contribution in [3.8, 4) is 0 Å². The molecule has 1 aromatic rings. The molecule has 0 radical (unpaired) electrons. The Bertz CT molecular complexity index is 298. The molecule has 0 spiro atoms. The van der Waals surface area contributed by atoms with Gasteiger partial charge in [0.15, 0.2) is 4.47 Å². The van der Waals surface area contributed by atoms with Crippen molar-refractivity contribution in [3.63, 3.8) is 0 Å². The number of nitrogens with zero attached hydrogens (tertiary/aromatic N) is 1. The predicted molar refractivity (Wildman–Crippen MR) is 49.9 cm³/mol. The Morgan fingerprint density at radius 3 is 2.83 bits per heavy atom. The number of halogens is 1. The summed E-state index contributed by atoms with van der Waals surface area (Å²) in [5.74, 6) is -0.0978. The molecule has 3 nitrogen and oxygen atoms in total. The van der Waals surface area contributed by atoms with Gasteiger partial charge in [-0.05, 0) is 13.8 Å². The lowest BCUT2D eigenvalue weighted by Gasteiger charge is -1.97. The Morgan fingerprint density at radius 1 is 1.75 bits per heavy atom. The van der Waals surface area contributed by atoms with Crippen LogP contribution in [0, 0.1) is 6.92 Å². The van der Waals surface area contributed by atoms with Crippen molar-refractivity contribution in [2.45, 2.75) is 13.8 Å². The van der Waals surface area contributed by atoms with Gasteiger partial charge in [0.1, 0.15) is 4.88 Å². The van der Waals surface area contributed by atoms with E-state index < -0.39 is 0 Å². The predicted octanol–water partition coefficient (Wildman–Crippen LogP) is 1.85. The molecular formula is C7H9ClN2OS. The van der Waals surface area contributed by atoms with Crippen molar-refractivity contribution in [2.24, 2.45) is 0 Å². The minimum atomic E-state index is -0.0978. The average molecular weight is 205 g/mol. The zero-order chi connectivity index (χ0) is 9.14. The van der Waals surface area contributed by atoms with E-state index in [1.807, 2.05) is 6.92 Å². The summed E-state index contributed by atoms with van der Waals surface area (Å²) < 4.78 is 0.411. The molecule has 0 bridgehead atoms. The SMILES string of the molecule is CCNC(=O)c1sc(Cl)nc1C. The minimum Gasteiger partial charge on any atom is -0.352 e. The average Bonchev–Trinajstić information content (AvgIpc) is 2.30. The molecule has 5 heteroatoms. The maximum absolute atomic E-state index is 11.3. The first-order chi connectivity index (χ1) is 5.65. The first-order valence-corrected chi connectivity index (χ1v) is 4.75. The summed E-state index contributed by atoms with van der Waals surface area (Å²) in [6.07, 6.45) is 0. The van der Waals surface area contributed by atoms with Gasteiger partial charge in [-0.15, -0.1) is 0 Å². The van der Waals surface area contributed by atoms with Gasteiger partial charge in [-0.25, -0.2) is 4.98 Å². The fraction of sp³-hybridized carbons (Fsp3) is 0.429. The number of thiazole rings is 1. The van der Waals surface area contributed by atoms with Crippen LogP contribution in [-0.4, -0.2) is 17.4 Å². The van der Waals surface area contributed by atoms with Crippen LogP contribution in [0.5, 0.6) is 0 Å². The number of nitrogens with one attached hydrogen (secondary N) is 1. The van der Waals surface area contributed by atoms with E-state index in [4.69, 9.17) is 11.6 Å². The topological polar surface area (TPSA) is 42.0 Å². The van der Waals surface area contributed by atoms with Crippen LogP contribution >= 0.6 is 22.9 Å². The second kappa shape index (κ2) is 3.87. The zero-order valence-corrected chi connectivity index (χ0v) is 8.42. The van der Waals surface area contributed by atoms with Crippen LogP contribution in [0.3, 0.4) is 0 Å². The van der Waals surface area contributed by atoms with Gasteiger partial charge in [0.2, 0.25) is 0 Å². The lowest BCUT2D eigenvalue weighted by atomic mass is 10.4. The summed E-state index contributed by atoms with van der Waals surface area (Å²) in [6.45, 7) is 4.26. The Balaban J connectivity index is 2.87. The molecule has 1 amide bonds. The lowest BCUT2D eigenvalue weighted by molar-refractivity contribution is 0.0959. The second-order valence-corrected chi connectivity index (χ2v) is 3.82. The molecule has 0 aliphatic rings. The molecule has 0 aliphatic heterocycles. The van der Waals surface area contributed by atoms with Gasteiger partial charge in [-0.3, -0.25) is 4.79 Å². The molecule has 0 atom stereocenters. The fourth-order valence-electron chi connectivity index (χ4n) is 0.815. The van der Waals surface area contributed by atoms with Crippen LogP contribution in [0.2, 0.25) is 4.47 Å².